The van der Waals surface area contributed by atoms with E-state index in [2.05, 4.69) is 0 Å². The van der Waals surface area contributed by atoms with E-state index in [0.717, 1.165) is 5.56 Å². The molecule has 0 spiro atoms. The van der Waals surface area contributed by atoms with E-state index in [-0.39, 0.29) is 0 Å². The molecule has 0 aliphatic heterocycles. The third kappa shape index (κ3) is 3.63. The molecule has 0 aliphatic rings. The molecule has 0 heterocycles. The van der Waals surface area contributed by atoms with Crippen molar-refractivity contribution in [1.82, 2.24) is 0 Å². The summed E-state index contributed by atoms with van der Waals surface area (Å²) in [4.78, 5) is 10.3. The van der Waals surface area contributed by atoms with Gasteiger partial charge in [-0.1, -0.05) is 41.4 Å². The summed E-state index contributed by atoms with van der Waals surface area (Å²) in [6, 6.07) is 12.2. The van der Waals surface area contributed by atoms with Crippen LogP contribution in [-0.2, 0) is 11.4 Å². The van der Waals surface area contributed by atoms with Crippen molar-refractivity contribution in [2.24, 2.45) is 0 Å². The van der Waals surface area contributed by atoms with Gasteiger partial charge in [0, 0.05) is 0 Å². The third-order valence-corrected chi connectivity index (χ3v) is 3.19. The van der Waals surface area contributed by atoms with Crippen molar-refractivity contribution >= 4 is 29.7 Å². The fourth-order valence-electron chi connectivity index (χ4n) is 1.52. The molecule has 0 amide bonds. The Kier molecular flexibility index (Phi) is 4.66. The molecule has 2 rings (SSSR count). The lowest BCUT2D eigenvalue weighted by molar-refractivity contribution is -0.120. The molecule has 19 heavy (non-hydrogen) atoms. The summed E-state index contributed by atoms with van der Waals surface area (Å²) in [5, 5.41) is 0.821. The third-order valence-electron chi connectivity index (χ3n) is 2.39. The Morgan fingerprint density at radius 2 is 1.89 bits per heavy atom. The summed E-state index contributed by atoms with van der Waals surface area (Å²) >= 11 is 11.9. The van der Waals surface area contributed by atoms with Crippen molar-refractivity contribution in [3.05, 3.63) is 58.1 Å². The second-order valence-electron chi connectivity index (χ2n) is 3.70. The van der Waals surface area contributed by atoms with Crippen LogP contribution in [0.1, 0.15) is 5.56 Å². The van der Waals surface area contributed by atoms with E-state index in [1.54, 1.807) is 36.4 Å². The summed E-state index contributed by atoms with van der Waals surface area (Å²) in [5.74, 6) is 0.976. The SMILES string of the molecule is O=COc1cccc(COc2cccc(Cl)c2Cl)c1. The molecule has 0 unspecified atom stereocenters. The minimum Gasteiger partial charge on any atom is -0.487 e. The number of carbonyl (C=O) groups excluding carboxylic acids is 1. The van der Waals surface area contributed by atoms with Gasteiger partial charge in [0.1, 0.15) is 23.1 Å². The van der Waals surface area contributed by atoms with Gasteiger partial charge in [-0.05, 0) is 29.8 Å². The molecule has 0 atom stereocenters. The zero-order valence-electron chi connectivity index (χ0n) is 9.81. The molecule has 0 fully saturated rings. The van der Waals surface area contributed by atoms with Gasteiger partial charge in [0.15, 0.2) is 0 Å². The number of carbonyl (C=O) groups is 1. The van der Waals surface area contributed by atoms with Gasteiger partial charge in [-0.15, -0.1) is 0 Å². The highest BCUT2D eigenvalue weighted by atomic mass is 35.5. The summed E-state index contributed by atoms with van der Waals surface area (Å²) in [7, 11) is 0. The van der Waals surface area contributed by atoms with Crippen LogP contribution in [0.15, 0.2) is 42.5 Å². The van der Waals surface area contributed by atoms with Gasteiger partial charge < -0.3 is 9.47 Å². The van der Waals surface area contributed by atoms with Crippen molar-refractivity contribution in [2.45, 2.75) is 6.61 Å². The second-order valence-corrected chi connectivity index (χ2v) is 4.49. The molecule has 0 radical (unpaired) electrons. The number of halogens is 2. The molecule has 0 N–H and O–H groups in total. The zero-order chi connectivity index (χ0) is 13.7. The standard InChI is InChI=1S/C14H10Cl2O3/c15-12-5-2-6-13(14(12)16)18-8-10-3-1-4-11(7-10)19-9-17/h1-7,9H,8H2. The van der Waals surface area contributed by atoms with Crippen LogP contribution in [-0.4, -0.2) is 6.47 Å². The van der Waals surface area contributed by atoms with Gasteiger partial charge in [-0.25, -0.2) is 0 Å². The summed E-state index contributed by atoms with van der Waals surface area (Å²) < 4.78 is 10.3. The Balaban J connectivity index is 2.08. The average molecular weight is 297 g/mol. The Hall–Kier alpha value is -1.71. The summed E-state index contributed by atoms with van der Waals surface area (Å²) in [6.07, 6.45) is 0. The summed E-state index contributed by atoms with van der Waals surface area (Å²) in [6.45, 7) is 0.684. The van der Waals surface area contributed by atoms with Crippen LogP contribution in [0.3, 0.4) is 0 Å². The Labute approximate surface area is 120 Å². The van der Waals surface area contributed by atoms with Crippen LogP contribution in [0.4, 0.5) is 0 Å². The number of ether oxygens (including phenoxy) is 2. The molecule has 0 saturated carbocycles. The van der Waals surface area contributed by atoms with Crippen molar-refractivity contribution < 1.29 is 14.3 Å². The molecule has 2 aromatic carbocycles. The zero-order valence-corrected chi connectivity index (χ0v) is 11.3. The van der Waals surface area contributed by atoms with Crippen LogP contribution >= 0.6 is 23.2 Å². The van der Waals surface area contributed by atoms with E-state index in [9.17, 15) is 4.79 Å². The van der Waals surface area contributed by atoms with E-state index < -0.39 is 0 Å². The predicted molar refractivity (Wildman–Crippen MR) is 73.9 cm³/mol. The van der Waals surface area contributed by atoms with Gasteiger partial charge in [0.25, 0.3) is 6.47 Å². The van der Waals surface area contributed by atoms with Crippen molar-refractivity contribution in [2.75, 3.05) is 0 Å². The molecule has 0 aliphatic carbocycles. The quantitative estimate of drug-likeness (QED) is 0.779. The van der Waals surface area contributed by atoms with E-state index in [0.29, 0.717) is 34.6 Å². The highest BCUT2D eigenvalue weighted by molar-refractivity contribution is 6.42. The highest BCUT2D eigenvalue weighted by Crippen LogP contribution is 2.32. The first-order valence-electron chi connectivity index (χ1n) is 5.47. The lowest BCUT2D eigenvalue weighted by Crippen LogP contribution is -1.97. The van der Waals surface area contributed by atoms with Crippen LogP contribution in [0, 0.1) is 0 Å². The molecule has 0 bridgehead atoms. The van der Waals surface area contributed by atoms with Gasteiger partial charge in [0.2, 0.25) is 0 Å². The second kappa shape index (κ2) is 6.45. The minimum atomic E-state index is 0.302. The van der Waals surface area contributed by atoms with Crippen molar-refractivity contribution in [1.29, 1.82) is 0 Å². The smallest absolute Gasteiger partial charge is 0.298 e. The Bertz CT molecular complexity index is 585. The first kappa shape index (κ1) is 13.7. The van der Waals surface area contributed by atoms with Crippen LogP contribution in [0.2, 0.25) is 10.0 Å². The average Bonchev–Trinajstić information content (AvgIpc) is 2.41. The molecular weight excluding hydrogens is 287 g/mol. The predicted octanol–water partition coefficient (Wildman–Crippen LogP) is 4.11. The van der Waals surface area contributed by atoms with Crippen LogP contribution < -0.4 is 9.47 Å². The molecule has 98 valence electrons. The minimum absolute atomic E-state index is 0.302. The van der Waals surface area contributed by atoms with Crippen molar-refractivity contribution in [3.8, 4) is 11.5 Å². The van der Waals surface area contributed by atoms with Gasteiger partial charge in [-0.3, -0.25) is 4.79 Å². The largest absolute Gasteiger partial charge is 0.487 e. The number of rotatable bonds is 5. The van der Waals surface area contributed by atoms with Crippen LogP contribution in [0.25, 0.3) is 0 Å². The maximum absolute atomic E-state index is 10.3. The topological polar surface area (TPSA) is 35.5 Å². The van der Waals surface area contributed by atoms with Gasteiger partial charge in [-0.2, -0.15) is 0 Å². The molecule has 0 saturated heterocycles. The molecule has 5 heteroatoms. The first-order valence-corrected chi connectivity index (χ1v) is 6.22. The normalized spacial score (nSPS) is 10.0. The monoisotopic (exact) mass is 296 g/mol. The van der Waals surface area contributed by atoms with Gasteiger partial charge in [0.05, 0.1) is 5.02 Å². The Morgan fingerprint density at radius 1 is 1.11 bits per heavy atom. The molecule has 0 aromatic heterocycles. The lowest BCUT2D eigenvalue weighted by atomic mass is 10.2. The lowest BCUT2D eigenvalue weighted by Gasteiger charge is -2.09. The van der Waals surface area contributed by atoms with E-state index >= 15 is 0 Å². The number of hydrogen-bond donors (Lipinski definition) is 0. The maximum atomic E-state index is 10.3. The Morgan fingerprint density at radius 3 is 2.68 bits per heavy atom. The molecule has 3 nitrogen and oxygen atoms in total. The number of benzene rings is 2. The van der Waals surface area contributed by atoms with Crippen LogP contribution in [0.5, 0.6) is 11.5 Å². The van der Waals surface area contributed by atoms with E-state index in [4.69, 9.17) is 32.7 Å². The molecular formula is C14H10Cl2O3. The highest BCUT2D eigenvalue weighted by Gasteiger charge is 2.05. The van der Waals surface area contributed by atoms with E-state index in [1.807, 2.05) is 6.07 Å². The summed E-state index contributed by atoms with van der Waals surface area (Å²) in [5.41, 5.74) is 0.857. The molecule has 2 aromatic rings. The fraction of sp³-hybridized carbons (Fsp3) is 0.0714. The van der Waals surface area contributed by atoms with Crippen molar-refractivity contribution in [3.63, 3.8) is 0 Å². The van der Waals surface area contributed by atoms with E-state index in [1.165, 1.54) is 0 Å². The number of hydrogen-bond acceptors (Lipinski definition) is 3. The van der Waals surface area contributed by atoms with Gasteiger partial charge >= 0.3 is 0 Å². The fourth-order valence-corrected chi connectivity index (χ4v) is 1.87. The first-order chi connectivity index (χ1) is 9.20. The maximum Gasteiger partial charge on any atom is 0.298 e.